The Morgan fingerprint density at radius 2 is 1.87 bits per heavy atom. The maximum Gasteiger partial charge on any atom is 0.311 e. The number of nitrogens with one attached hydrogen (secondary N) is 3. The number of hydrogen-bond acceptors (Lipinski definition) is 10. The second kappa shape index (κ2) is 15.7. The fourth-order valence-corrected chi connectivity index (χ4v) is 5.76. The fourth-order valence-electron chi connectivity index (χ4n) is 5.76. The van der Waals surface area contributed by atoms with E-state index in [4.69, 9.17) is 25.0 Å². The van der Waals surface area contributed by atoms with Crippen LogP contribution in [-0.4, -0.2) is 110 Å². The molecule has 4 rings (SSSR count). The first-order valence-corrected chi connectivity index (χ1v) is 15.8. The lowest BCUT2D eigenvalue weighted by Crippen LogP contribution is -2.55. The van der Waals surface area contributed by atoms with Gasteiger partial charge in [0.1, 0.15) is 23.9 Å². The monoisotopic (exact) mass is 626 g/mol. The number of carbonyl (C=O) groups is 2. The third kappa shape index (κ3) is 8.96. The second-order valence-corrected chi connectivity index (χ2v) is 12.0. The molecule has 2 fully saturated rings. The molecule has 1 atom stereocenters. The van der Waals surface area contributed by atoms with Gasteiger partial charge < -0.3 is 29.3 Å². The smallest absolute Gasteiger partial charge is 0.311 e. The maximum atomic E-state index is 12.4. The van der Waals surface area contributed by atoms with Crippen molar-refractivity contribution in [2.45, 2.75) is 64.5 Å². The van der Waals surface area contributed by atoms with Crippen LogP contribution in [0.25, 0.3) is 0 Å². The van der Waals surface area contributed by atoms with Crippen molar-refractivity contribution in [3.8, 4) is 11.5 Å². The van der Waals surface area contributed by atoms with Crippen molar-refractivity contribution in [1.29, 1.82) is 10.8 Å². The first-order chi connectivity index (χ1) is 21.6. The molecule has 0 unspecified atom stereocenters. The molecule has 2 aliphatic heterocycles. The van der Waals surface area contributed by atoms with E-state index in [1.807, 2.05) is 40.0 Å². The predicted molar refractivity (Wildman–Crippen MR) is 173 cm³/mol. The molecule has 1 aromatic heterocycles. The summed E-state index contributed by atoms with van der Waals surface area (Å²) in [6.07, 6.45) is 2.74. The lowest BCUT2D eigenvalue weighted by molar-refractivity contribution is -0.139. The van der Waals surface area contributed by atoms with Crippen molar-refractivity contribution < 1.29 is 25.2 Å². The van der Waals surface area contributed by atoms with Crippen LogP contribution < -0.4 is 25.2 Å². The molecular formula is C32H50N8O5. The Balaban J connectivity index is 0.00000576. The zero-order valence-corrected chi connectivity index (χ0v) is 27.2. The van der Waals surface area contributed by atoms with Gasteiger partial charge in [0, 0.05) is 59.7 Å². The Morgan fingerprint density at radius 1 is 1.11 bits per heavy atom. The summed E-state index contributed by atoms with van der Waals surface area (Å²) in [5.41, 5.74) is 1.19. The molecule has 13 nitrogen and oxygen atoms in total. The number of nitrogens with zero attached hydrogens (tertiary/aromatic N) is 5. The molecule has 248 valence electrons. The van der Waals surface area contributed by atoms with Crippen molar-refractivity contribution in [3.63, 3.8) is 0 Å². The van der Waals surface area contributed by atoms with Gasteiger partial charge in [0.2, 0.25) is 11.8 Å². The number of piperidine rings is 1. The summed E-state index contributed by atoms with van der Waals surface area (Å²) in [5.74, 6) is 2.58. The summed E-state index contributed by atoms with van der Waals surface area (Å²) in [5, 5.41) is 23.4. The van der Waals surface area contributed by atoms with Gasteiger partial charge in [-0.2, -0.15) is 4.68 Å². The van der Waals surface area contributed by atoms with E-state index in [0.717, 1.165) is 43.8 Å². The van der Waals surface area contributed by atoms with E-state index in [2.05, 4.69) is 26.3 Å². The average molecular weight is 627 g/mol. The van der Waals surface area contributed by atoms with Gasteiger partial charge in [0.25, 0.3) is 0 Å². The molecule has 45 heavy (non-hydrogen) atoms. The van der Waals surface area contributed by atoms with Crippen molar-refractivity contribution in [2.75, 3.05) is 65.0 Å². The summed E-state index contributed by atoms with van der Waals surface area (Å²) in [7, 11) is 3.23. The number of aromatic nitrogens is 2. The van der Waals surface area contributed by atoms with E-state index >= 15 is 0 Å². The van der Waals surface area contributed by atoms with Crippen LogP contribution >= 0.6 is 0 Å². The van der Waals surface area contributed by atoms with Gasteiger partial charge in [0.05, 0.1) is 19.8 Å². The first-order valence-electron chi connectivity index (χ1n) is 15.8. The Bertz CT molecular complexity index is 1390. The number of benzene rings is 1. The molecule has 2 aromatic rings. The van der Waals surface area contributed by atoms with Crippen molar-refractivity contribution in [2.24, 2.45) is 0 Å². The van der Waals surface area contributed by atoms with Crippen LogP contribution in [0.4, 0.5) is 5.82 Å². The normalized spacial score (nSPS) is 17.8. The van der Waals surface area contributed by atoms with Gasteiger partial charge in [0.15, 0.2) is 5.49 Å². The summed E-state index contributed by atoms with van der Waals surface area (Å²) >= 11 is 0. The van der Waals surface area contributed by atoms with Crippen LogP contribution in [0.5, 0.6) is 11.5 Å². The summed E-state index contributed by atoms with van der Waals surface area (Å²) in [6, 6.07) is 9.18. The molecule has 2 saturated heterocycles. The molecule has 3 N–H and O–H groups in total. The maximum absolute atomic E-state index is 12.4. The summed E-state index contributed by atoms with van der Waals surface area (Å²) < 4.78 is 18.6. The number of likely N-dealkylation sites (N-methyl/N-ethyl adjacent to an activating group) is 1. The number of piperazine rings is 1. The molecule has 0 radical (unpaired) electrons. The molecule has 13 heteroatoms. The molecule has 3 heterocycles. The highest BCUT2D eigenvalue weighted by Gasteiger charge is 2.29. The Labute approximate surface area is 266 Å². The van der Waals surface area contributed by atoms with Gasteiger partial charge >= 0.3 is 6.02 Å². The number of amides is 2. The molecular weight excluding hydrogens is 576 g/mol. The highest BCUT2D eigenvalue weighted by Crippen LogP contribution is 2.37. The lowest BCUT2D eigenvalue weighted by atomic mass is 9.88. The average Bonchev–Trinajstić information content (AvgIpc) is 3.03. The Morgan fingerprint density at radius 3 is 2.58 bits per heavy atom. The molecule has 0 spiro atoms. The molecule has 0 aliphatic carbocycles. The van der Waals surface area contributed by atoms with Gasteiger partial charge in [-0.3, -0.25) is 19.9 Å². The van der Waals surface area contributed by atoms with Gasteiger partial charge in [-0.25, -0.2) is 5.41 Å². The van der Waals surface area contributed by atoms with Crippen LogP contribution in [0, 0.1) is 10.8 Å². The van der Waals surface area contributed by atoms with Crippen molar-refractivity contribution >= 4 is 23.7 Å². The van der Waals surface area contributed by atoms with Gasteiger partial charge in [-0.05, 0) is 69.7 Å². The number of carbonyl (C=O) groups excluding carboxylic acids is 2. The van der Waals surface area contributed by atoms with Crippen molar-refractivity contribution in [1.82, 2.24) is 24.9 Å². The van der Waals surface area contributed by atoms with Crippen LogP contribution in [0.3, 0.4) is 0 Å². The standard InChI is InChI=1S/C32H48N8O5.H2/c1-22(2)35-30(41)7-6-19-45-27-21-25(44-20-18-38-17-16-37(4)31(42)23(38)3)8-9-26(27)24-12-14-39(15-13-24)29-11-10-28(33)40(36-29)32(34)43-5;/h8-11,21-24,33-34H,6-7,12-20H2,1-5H3,(H,35,41);1H/t23-;/m1./s1. The highest BCUT2D eigenvalue weighted by atomic mass is 16.5. The predicted octanol–water partition coefficient (Wildman–Crippen LogP) is 2.65. The largest absolute Gasteiger partial charge is 0.493 e. The van der Waals surface area contributed by atoms with Crippen LogP contribution in [0.2, 0.25) is 0 Å². The van der Waals surface area contributed by atoms with E-state index in [1.165, 1.54) is 11.8 Å². The molecule has 1 aromatic carbocycles. The lowest BCUT2D eigenvalue weighted by Gasteiger charge is -2.37. The SMILES string of the molecule is COC(=N)n1nc(N2CCC(c3ccc(OCCN4CCN(C)C(=O)[C@H]4C)cc3OCCCC(=O)NC(C)C)CC2)ccc1=N.[HH]. The van der Waals surface area contributed by atoms with Crippen LogP contribution in [-0.2, 0) is 14.3 Å². The number of methoxy groups -OCH3 is 1. The first kappa shape index (κ1) is 33.8. The topological polar surface area (TPSA) is 149 Å². The Hall–Kier alpha value is -4.13. The van der Waals surface area contributed by atoms with Gasteiger partial charge in [-0.15, -0.1) is 5.10 Å². The second-order valence-electron chi connectivity index (χ2n) is 12.0. The number of hydrogen-bond donors (Lipinski definition) is 3. The van der Waals surface area contributed by atoms with E-state index in [1.54, 1.807) is 17.0 Å². The van der Waals surface area contributed by atoms with E-state index in [9.17, 15) is 9.59 Å². The molecule has 0 bridgehead atoms. The summed E-state index contributed by atoms with van der Waals surface area (Å²) in [4.78, 5) is 30.6. The zero-order valence-electron chi connectivity index (χ0n) is 27.2. The van der Waals surface area contributed by atoms with Gasteiger partial charge in [-0.1, -0.05) is 6.07 Å². The van der Waals surface area contributed by atoms with E-state index in [0.29, 0.717) is 50.7 Å². The number of rotatable bonds is 12. The third-order valence-electron chi connectivity index (χ3n) is 8.36. The van der Waals surface area contributed by atoms with Crippen LogP contribution in [0.15, 0.2) is 30.3 Å². The van der Waals surface area contributed by atoms with Crippen LogP contribution in [0.1, 0.15) is 59.4 Å². The van der Waals surface area contributed by atoms with Crippen molar-refractivity contribution in [3.05, 3.63) is 41.4 Å². The quantitative estimate of drug-likeness (QED) is 0.185. The highest BCUT2D eigenvalue weighted by molar-refractivity contribution is 5.82. The molecule has 2 aliphatic rings. The minimum atomic E-state index is -0.200. The fraction of sp³-hybridized carbons (Fsp3) is 0.594. The molecule has 0 saturated carbocycles. The minimum absolute atomic E-state index is 0. The van der Waals surface area contributed by atoms with E-state index < -0.39 is 0 Å². The minimum Gasteiger partial charge on any atom is -0.493 e. The Kier molecular flexibility index (Phi) is 11.8. The number of anilines is 1. The third-order valence-corrected chi connectivity index (χ3v) is 8.36. The molecule has 2 amide bonds. The number of ether oxygens (including phenoxy) is 3. The summed E-state index contributed by atoms with van der Waals surface area (Å²) in [6.45, 7) is 10.4. The zero-order chi connectivity index (χ0) is 32.5. The van der Waals surface area contributed by atoms with E-state index in [-0.39, 0.29) is 42.8 Å².